The molecule has 0 amide bonds. The minimum absolute atomic E-state index is 0.00280. The average Bonchev–Trinajstić information content (AvgIpc) is 2.77. The maximum absolute atomic E-state index is 12.2. The fraction of sp³-hybridized carbons (Fsp3) is 0.778. The highest BCUT2D eigenvalue weighted by molar-refractivity contribution is 7.81. The van der Waals surface area contributed by atoms with Crippen LogP contribution in [-0.2, 0) is 14.3 Å². The van der Waals surface area contributed by atoms with Gasteiger partial charge in [0.1, 0.15) is 0 Å². The molecule has 0 bridgehead atoms. The summed E-state index contributed by atoms with van der Waals surface area (Å²) in [5, 5.41) is 0.147. The average molecular weight is 320 g/mol. The third-order valence-corrected chi connectivity index (χ3v) is 7.72. The predicted molar refractivity (Wildman–Crippen MR) is 86.6 cm³/mol. The normalized spacial score (nSPS) is 50.6. The van der Waals surface area contributed by atoms with Crippen molar-refractivity contribution in [2.24, 2.45) is 28.6 Å². The fourth-order valence-corrected chi connectivity index (χ4v) is 6.43. The van der Waals surface area contributed by atoms with Crippen molar-refractivity contribution in [3.05, 3.63) is 11.6 Å². The smallest absolute Gasteiger partial charge is 0.312 e. The summed E-state index contributed by atoms with van der Waals surface area (Å²) in [6.45, 7) is 4.99. The second-order valence-corrected chi connectivity index (χ2v) is 8.79. The number of rotatable bonds is 0. The van der Waals surface area contributed by atoms with Crippen LogP contribution in [0.3, 0.4) is 0 Å². The van der Waals surface area contributed by atoms with Gasteiger partial charge < -0.3 is 4.74 Å². The minimum atomic E-state index is -0.295. The second kappa shape index (κ2) is 4.62. The summed E-state index contributed by atoms with van der Waals surface area (Å²) < 4.78 is 5.44. The van der Waals surface area contributed by atoms with E-state index in [0.717, 1.165) is 25.7 Å². The Morgan fingerprint density at radius 3 is 2.73 bits per heavy atom. The minimum Gasteiger partial charge on any atom is -0.465 e. The Labute approximate surface area is 137 Å². The van der Waals surface area contributed by atoms with E-state index in [4.69, 9.17) is 17.4 Å². The Morgan fingerprint density at radius 2 is 1.95 bits per heavy atom. The highest BCUT2D eigenvalue weighted by Gasteiger charge is 2.61. The van der Waals surface area contributed by atoms with Crippen molar-refractivity contribution >= 4 is 24.4 Å². The van der Waals surface area contributed by atoms with Crippen LogP contribution in [0.4, 0.5) is 0 Å². The van der Waals surface area contributed by atoms with Crippen LogP contribution in [0.1, 0.15) is 46.0 Å². The molecule has 0 aromatic heterocycles. The number of allylic oxidation sites excluding steroid dienone is 1. The highest BCUT2D eigenvalue weighted by Crippen LogP contribution is 2.63. The number of fused-ring (bicyclic) bond motifs is 5. The summed E-state index contributed by atoms with van der Waals surface area (Å²) in [6.07, 6.45) is 6.43. The molecule has 0 radical (unpaired) electrons. The zero-order chi connectivity index (χ0) is 15.7. The molecule has 0 N–H and O–H groups in total. The van der Waals surface area contributed by atoms with Crippen molar-refractivity contribution < 1.29 is 14.3 Å². The van der Waals surface area contributed by atoms with E-state index in [1.807, 2.05) is 6.08 Å². The molecule has 1 aliphatic heterocycles. The van der Waals surface area contributed by atoms with Gasteiger partial charge in [-0.1, -0.05) is 6.92 Å². The van der Waals surface area contributed by atoms with E-state index in [1.54, 1.807) is 0 Å². The van der Waals surface area contributed by atoms with Gasteiger partial charge in [-0.15, -0.1) is 0 Å². The zero-order valence-electron chi connectivity index (χ0n) is 13.3. The lowest BCUT2D eigenvalue weighted by Gasteiger charge is -2.57. The molecule has 3 fully saturated rings. The van der Waals surface area contributed by atoms with Crippen LogP contribution in [0, 0.1) is 28.6 Å². The van der Waals surface area contributed by atoms with Crippen molar-refractivity contribution in [1.82, 2.24) is 0 Å². The standard InChI is InChI=1S/C18H24O3S/c1-17-5-3-10(19)7-13(17)15(22)8-11-12(17)4-6-18(2)14(11)9-21-16(18)20/h7,11-12,14-15,22H,3-6,8-9H2,1-2H3/t11-,12+,14+,15-,17-,18+/m1/s1. The fourth-order valence-electron chi connectivity index (χ4n) is 5.82. The number of ether oxygens (including phenoxy) is 1. The van der Waals surface area contributed by atoms with Gasteiger partial charge in [0.25, 0.3) is 0 Å². The predicted octanol–water partition coefficient (Wildman–Crippen LogP) is 3.19. The molecule has 4 aliphatic rings. The van der Waals surface area contributed by atoms with E-state index in [2.05, 4.69) is 13.8 Å². The van der Waals surface area contributed by atoms with Crippen molar-refractivity contribution in [2.45, 2.75) is 51.2 Å². The summed E-state index contributed by atoms with van der Waals surface area (Å²) in [5.41, 5.74) is 1.04. The second-order valence-electron chi connectivity index (χ2n) is 8.17. The number of thiol groups is 1. The Morgan fingerprint density at radius 1 is 1.18 bits per heavy atom. The van der Waals surface area contributed by atoms with Gasteiger partial charge in [0.05, 0.1) is 12.0 Å². The first-order valence-corrected chi connectivity index (χ1v) is 8.98. The molecule has 3 aliphatic carbocycles. The summed E-state index contributed by atoms with van der Waals surface area (Å²) in [6, 6.07) is 0. The topological polar surface area (TPSA) is 43.4 Å². The molecule has 6 atom stereocenters. The van der Waals surface area contributed by atoms with E-state index in [0.29, 0.717) is 30.8 Å². The molecule has 1 saturated heterocycles. The summed E-state index contributed by atoms with van der Waals surface area (Å²) in [5.74, 6) is 1.62. The Kier molecular flexibility index (Phi) is 3.11. The molecule has 0 aromatic carbocycles. The number of hydrogen-bond acceptors (Lipinski definition) is 4. The largest absolute Gasteiger partial charge is 0.465 e. The molecule has 120 valence electrons. The summed E-state index contributed by atoms with van der Waals surface area (Å²) >= 11 is 4.83. The van der Waals surface area contributed by atoms with Crippen LogP contribution < -0.4 is 0 Å². The third-order valence-electron chi connectivity index (χ3n) is 7.23. The maximum Gasteiger partial charge on any atom is 0.312 e. The van der Waals surface area contributed by atoms with Gasteiger partial charge >= 0.3 is 5.97 Å². The number of carbonyl (C=O) groups excluding carboxylic acids is 2. The third kappa shape index (κ3) is 1.76. The van der Waals surface area contributed by atoms with Crippen LogP contribution in [0.25, 0.3) is 0 Å². The molecule has 0 unspecified atom stereocenters. The van der Waals surface area contributed by atoms with E-state index in [9.17, 15) is 9.59 Å². The van der Waals surface area contributed by atoms with Crippen LogP contribution >= 0.6 is 12.6 Å². The molecule has 4 heteroatoms. The number of carbonyl (C=O) groups is 2. The summed E-state index contributed by atoms with van der Waals surface area (Å²) in [4.78, 5) is 24.1. The molecule has 2 saturated carbocycles. The van der Waals surface area contributed by atoms with Crippen LogP contribution in [-0.4, -0.2) is 23.6 Å². The number of cyclic esters (lactones) is 1. The zero-order valence-corrected chi connectivity index (χ0v) is 14.2. The van der Waals surface area contributed by atoms with E-state index in [1.165, 1.54) is 5.57 Å². The van der Waals surface area contributed by atoms with Gasteiger partial charge in [0.15, 0.2) is 5.78 Å². The maximum atomic E-state index is 12.2. The van der Waals surface area contributed by atoms with Crippen LogP contribution in [0.2, 0.25) is 0 Å². The summed E-state index contributed by atoms with van der Waals surface area (Å²) in [7, 11) is 0. The van der Waals surface area contributed by atoms with Crippen molar-refractivity contribution in [3.63, 3.8) is 0 Å². The van der Waals surface area contributed by atoms with Gasteiger partial charge in [0, 0.05) is 17.6 Å². The molecule has 0 aromatic rings. The molecule has 3 nitrogen and oxygen atoms in total. The SMILES string of the molecule is C[C@]12CCC(=O)C=C1[C@H](S)C[C@@H]1[C@@H]2CC[C@]2(C)C(=O)OC[C@@H]12. The van der Waals surface area contributed by atoms with Crippen LogP contribution in [0.15, 0.2) is 11.6 Å². The van der Waals surface area contributed by atoms with Gasteiger partial charge in [-0.25, -0.2) is 0 Å². The van der Waals surface area contributed by atoms with Gasteiger partial charge in [-0.05, 0) is 61.5 Å². The Hall–Kier alpha value is -0.770. The first-order chi connectivity index (χ1) is 10.4. The quantitative estimate of drug-likeness (QED) is 0.551. The molecule has 4 rings (SSSR count). The molecule has 22 heavy (non-hydrogen) atoms. The monoisotopic (exact) mass is 320 g/mol. The van der Waals surface area contributed by atoms with Gasteiger partial charge in [-0.3, -0.25) is 9.59 Å². The van der Waals surface area contributed by atoms with E-state index in [-0.39, 0.29) is 27.8 Å². The van der Waals surface area contributed by atoms with E-state index < -0.39 is 0 Å². The van der Waals surface area contributed by atoms with Crippen molar-refractivity contribution in [3.8, 4) is 0 Å². The van der Waals surface area contributed by atoms with Crippen molar-refractivity contribution in [1.29, 1.82) is 0 Å². The van der Waals surface area contributed by atoms with Gasteiger partial charge in [0.2, 0.25) is 0 Å². The van der Waals surface area contributed by atoms with Gasteiger partial charge in [-0.2, -0.15) is 12.6 Å². The van der Waals surface area contributed by atoms with Crippen LogP contribution in [0.5, 0.6) is 0 Å². The molecular formula is C18H24O3S. The Balaban J connectivity index is 1.74. The molecular weight excluding hydrogens is 296 g/mol. The lowest BCUT2D eigenvalue weighted by molar-refractivity contribution is -0.148. The van der Waals surface area contributed by atoms with Crippen molar-refractivity contribution in [2.75, 3.05) is 6.61 Å². The number of esters is 1. The molecule has 0 spiro atoms. The first-order valence-electron chi connectivity index (χ1n) is 8.46. The highest BCUT2D eigenvalue weighted by atomic mass is 32.1. The number of ketones is 1. The molecule has 1 heterocycles. The first kappa shape index (κ1) is 14.8. The number of hydrogen-bond donors (Lipinski definition) is 1. The Bertz CT molecular complexity index is 583. The lowest BCUT2D eigenvalue weighted by atomic mass is 9.47. The lowest BCUT2D eigenvalue weighted by Crippen LogP contribution is -2.53. The van der Waals surface area contributed by atoms with E-state index >= 15 is 0 Å².